The summed E-state index contributed by atoms with van der Waals surface area (Å²) in [7, 11) is 0. The number of fused-ring (bicyclic) bond motifs is 2. The summed E-state index contributed by atoms with van der Waals surface area (Å²) in [6.45, 7) is 2.04. The lowest BCUT2D eigenvalue weighted by atomic mass is 9.96. The van der Waals surface area contributed by atoms with Gasteiger partial charge in [-0.2, -0.15) is 0 Å². The normalized spacial score (nSPS) is 29.0. The fourth-order valence-electron chi connectivity index (χ4n) is 10.2. The van der Waals surface area contributed by atoms with Gasteiger partial charge in [-0.15, -0.1) is 0 Å². The predicted molar refractivity (Wildman–Crippen MR) is 196 cm³/mol. The first-order valence-corrected chi connectivity index (χ1v) is 19.5. The number of anilines is 1. The van der Waals surface area contributed by atoms with Gasteiger partial charge in [0.25, 0.3) is 5.56 Å². The van der Waals surface area contributed by atoms with Gasteiger partial charge in [-0.1, -0.05) is 12.8 Å². The quantitative estimate of drug-likeness (QED) is 0.336. The van der Waals surface area contributed by atoms with E-state index in [0.29, 0.717) is 30.4 Å². The topological polar surface area (TPSA) is 176 Å². The fraction of sp³-hybridized carbons (Fsp3) is 0.590. The molecule has 14 heteroatoms. The van der Waals surface area contributed by atoms with Crippen LogP contribution in [-0.2, 0) is 19.2 Å². The first-order valence-electron chi connectivity index (χ1n) is 19.5. The summed E-state index contributed by atoms with van der Waals surface area (Å²) in [5.41, 5.74) is 8.88. The van der Waals surface area contributed by atoms with Gasteiger partial charge in [0.05, 0.1) is 17.1 Å². The SMILES string of the molecule is N[C@H]1CCCC[C@H]2CC[C@@H](C(=O)N3C[C@@H](c4ccn(C5CCN(c6ccc7c(c6)[nH]c(=O)n7C6CCC(=O)NC6=O)CC5)c(=O)c4)CC34CC4)N2C1=O. The number of nitrogens with zero attached hydrogens (tertiary/aromatic N) is 5. The van der Waals surface area contributed by atoms with E-state index >= 15 is 0 Å². The monoisotopic (exact) mass is 724 g/mol. The molecule has 14 nitrogen and oxygen atoms in total. The minimum absolute atomic E-state index is 0.0248. The summed E-state index contributed by atoms with van der Waals surface area (Å²) >= 11 is 0. The lowest BCUT2D eigenvalue weighted by Crippen LogP contribution is -2.56. The standard InChI is InChI=1S/C39H48N8O6/c40-28-4-2-1-3-26-5-8-32(46(26)36(28)51)37(52)45-22-24(21-39(45)14-15-39)23-11-18-44(34(49)19-23)25-12-16-43(17-13-25)27-6-7-30-29(20-27)41-38(53)47(30)31-9-10-33(48)42-35(31)50/h6-7,11,18-20,24-26,28,31-32H,1-5,8-10,12-17,21-22,40H2,(H,41,53)(H,42,48,50)/t24-,26-,28-,31?,32-/m0/s1. The molecule has 6 fully saturated rings. The summed E-state index contributed by atoms with van der Waals surface area (Å²) < 4.78 is 3.29. The number of hydrogen-bond donors (Lipinski definition) is 3. The molecule has 0 radical (unpaired) electrons. The van der Waals surface area contributed by atoms with Crippen molar-refractivity contribution in [2.75, 3.05) is 24.5 Å². The van der Waals surface area contributed by atoms with Gasteiger partial charge in [-0.05, 0) is 94.0 Å². The Labute approximate surface area is 306 Å². The maximum absolute atomic E-state index is 14.2. The number of aromatic amines is 1. The van der Waals surface area contributed by atoms with Crippen molar-refractivity contribution in [2.45, 2.75) is 125 Å². The number of amides is 4. The number of nitrogens with one attached hydrogen (secondary N) is 2. The smallest absolute Gasteiger partial charge is 0.327 e. The fourth-order valence-corrected chi connectivity index (χ4v) is 10.2. The Kier molecular flexibility index (Phi) is 8.35. The molecule has 6 aliphatic rings. The summed E-state index contributed by atoms with van der Waals surface area (Å²) in [5.74, 6) is -0.712. The van der Waals surface area contributed by atoms with Crippen LogP contribution in [0.1, 0.15) is 107 Å². The average Bonchev–Trinajstić information content (AvgIpc) is 3.47. The van der Waals surface area contributed by atoms with Crippen molar-refractivity contribution in [1.82, 2.24) is 29.2 Å². The van der Waals surface area contributed by atoms with E-state index in [1.807, 2.05) is 33.9 Å². The lowest BCUT2D eigenvalue weighted by molar-refractivity contribution is -0.147. The van der Waals surface area contributed by atoms with Crippen molar-refractivity contribution in [1.29, 1.82) is 0 Å². The summed E-state index contributed by atoms with van der Waals surface area (Å²) in [6.07, 6.45) is 11.9. The Bertz CT molecular complexity index is 2110. The molecule has 1 aliphatic carbocycles. The van der Waals surface area contributed by atoms with Gasteiger partial charge in [0.1, 0.15) is 12.1 Å². The highest BCUT2D eigenvalue weighted by Crippen LogP contribution is 2.54. The molecule has 3 aromatic rings. The number of benzene rings is 1. The number of imide groups is 1. The van der Waals surface area contributed by atoms with Crippen LogP contribution in [0, 0.1) is 0 Å². The molecule has 1 aromatic carbocycles. The van der Waals surface area contributed by atoms with E-state index in [4.69, 9.17) is 5.73 Å². The molecule has 1 saturated carbocycles. The van der Waals surface area contributed by atoms with E-state index in [0.717, 1.165) is 82.1 Å². The van der Waals surface area contributed by atoms with Crippen molar-refractivity contribution < 1.29 is 19.2 Å². The number of pyridine rings is 1. The van der Waals surface area contributed by atoms with Crippen molar-refractivity contribution in [2.24, 2.45) is 5.73 Å². The maximum atomic E-state index is 14.2. The van der Waals surface area contributed by atoms with Crippen molar-refractivity contribution >= 4 is 40.3 Å². The minimum Gasteiger partial charge on any atom is -0.371 e. The average molecular weight is 725 g/mol. The van der Waals surface area contributed by atoms with Crippen LogP contribution in [0.4, 0.5) is 5.69 Å². The van der Waals surface area contributed by atoms with E-state index < -0.39 is 24.0 Å². The second kappa shape index (κ2) is 13.0. The molecule has 5 atom stereocenters. The first kappa shape index (κ1) is 34.1. The van der Waals surface area contributed by atoms with Crippen LogP contribution in [0.25, 0.3) is 11.0 Å². The van der Waals surface area contributed by atoms with E-state index in [2.05, 4.69) is 26.2 Å². The zero-order chi connectivity index (χ0) is 36.6. The van der Waals surface area contributed by atoms with E-state index in [-0.39, 0.29) is 65.4 Å². The number of piperidine rings is 2. The molecular weight excluding hydrogens is 676 g/mol. The molecule has 4 N–H and O–H groups in total. The second-order valence-corrected chi connectivity index (χ2v) is 16.3. The number of hydrogen-bond acceptors (Lipinski definition) is 8. The molecule has 7 heterocycles. The zero-order valence-electron chi connectivity index (χ0n) is 30.0. The van der Waals surface area contributed by atoms with E-state index in [1.54, 1.807) is 6.07 Å². The summed E-state index contributed by atoms with van der Waals surface area (Å²) in [6, 6.07) is 8.01. The number of H-pyrrole nitrogens is 1. The third-order valence-electron chi connectivity index (χ3n) is 13.2. The third-order valence-corrected chi connectivity index (χ3v) is 13.2. The molecular formula is C39H48N8O6. The highest BCUT2D eigenvalue weighted by molar-refractivity contribution is 6.00. The Morgan fingerprint density at radius 3 is 2.42 bits per heavy atom. The van der Waals surface area contributed by atoms with Crippen molar-refractivity contribution in [3.63, 3.8) is 0 Å². The largest absolute Gasteiger partial charge is 0.371 e. The van der Waals surface area contributed by atoms with Crippen LogP contribution in [-0.4, -0.2) is 90.8 Å². The van der Waals surface area contributed by atoms with E-state index in [9.17, 15) is 28.8 Å². The van der Waals surface area contributed by atoms with Crippen LogP contribution in [0.3, 0.4) is 0 Å². The molecule has 0 bridgehead atoms. The highest BCUT2D eigenvalue weighted by Gasteiger charge is 2.58. The number of imidazole rings is 1. The Morgan fingerprint density at radius 2 is 1.66 bits per heavy atom. The molecule has 53 heavy (non-hydrogen) atoms. The van der Waals surface area contributed by atoms with Gasteiger partial charge in [0.2, 0.25) is 23.6 Å². The van der Waals surface area contributed by atoms with Crippen LogP contribution in [0.2, 0.25) is 0 Å². The van der Waals surface area contributed by atoms with Gasteiger partial charge in [-0.3, -0.25) is 33.9 Å². The van der Waals surface area contributed by atoms with Gasteiger partial charge in [0, 0.05) is 67.5 Å². The van der Waals surface area contributed by atoms with Crippen LogP contribution >= 0.6 is 0 Å². The second-order valence-electron chi connectivity index (χ2n) is 16.3. The zero-order valence-corrected chi connectivity index (χ0v) is 30.0. The number of likely N-dealkylation sites (tertiary alicyclic amines) is 1. The summed E-state index contributed by atoms with van der Waals surface area (Å²) in [4.78, 5) is 87.2. The van der Waals surface area contributed by atoms with Crippen molar-refractivity contribution in [3.05, 3.63) is 62.9 Å². The number of rotatable bonds is 5. The Hall–Kier alpha value is -4.72. The lowest BCUT2D eigenvalue weighted by Gasteiger charge is -2.36. The van der Waals surface area contributed by atoms with E-state index in [1.165, 1.54) is 4.57 Å². The Balaban J connectivity index is 0.855. The Morgan fingerprint density at radius 1 is 0.868 bits per heavy atom. The minimum atomic E-state index is -0.731. The van der Waals surface area contributed by atoms with Gasteiger partial charge < -0.3 is 30.0 Å². The van der Waals surface area contributed by atoms with Crippen LogP contribution < -0.4 is 27.2 Å². The number of carbonyl (C=O) groups excluding carboxylic acids is 4. The molecule has 280 valence electrons. The highest BCUT2D eigenvalue weighted by atomic mass is 16.2. The number of carbonyl (C=O) groups is 4. The molecule has 1 unspecified atom stereocenters. The maximum Gasteiger partial charge on any atom is 0.327 e. The van der Waals surface area contributed by atoms with Crippen LogP contribution in [0.15, 0.2) is 46.1 Å². The third kappa shape index (κ3) is 5.89. The summed E-state index contributed by atoms with van der Waals surface area (Å²) in [5, 5.41) is 2.33. The molecule has 1 spiro atoms. The molecule has 9 rings (SSSR count). The number of nitrogens with two attached hydrogens (primary N) is 1. The van der Waals surface area contributed by atoms with Crippen molar-refractivity contribution in [3.8, 4) is 0 Å². The molecule has 2 aromatic heterocycles. The molecule has 4 amide bonds. The molecule has 5 saturated heterocycles. The van der Waals surface area contributed by atoms with Gasteiger partial charge in [0.15, 0.2) is 0 Å². The molecule has 5 aliphatic heterocycles. The first-order chi connectivity index (χ1) is 25.6. The van der Waals surface area contributed by atoms with Gasteiger partial charge in [-0.25, -0.2) is 4.79 Å². The predicted octanol–water partition coefficient (Wildman–Crippen LogP) is 2.42. The van der Waals surface area contributed by atoms with Crippen LogP contribution in [0.5, 0.6) is 0 Å². The van der Waals surface area contributed by atoms with Gasteiger partial charge >= 0.3 is 5.69 Å². The number of aromatic nitrogens is 3.